The Labute approximate surface area is 122 Å². The highest BCUT2D eigenvalue weighted by Crippen LogP contribution is 2.11. The Balaban J connectivity index is 2.66. The molecule has 1 aromatic rings. The summed E-state index contributed by atoms with van der Waals surface area (Å²) in [5.41, 5.74) is 1.52. The fraction of sp³-hybridized carbons (Fsp3) is 0.267. The molecule has 0 saturated carbocycles. The van der Waals surface area contributed by atoms with Crippen molar-refractivity contribution in [3.8, 4) is 0 Å². The van der Waals surface area contributed by atoms with Gasteiger partial charge in [-0.1, -0.05) is 13.0 Å². The van der Waals surface area contributed by atoms with Gasteiger partial charge in [0.2, 0.25) is 0 Å². The lowest BCUT2D eigenvalue weighted by Gasteiger charge is -2.07. The number of amides is 2. The molecule has 0 aliphatic carbocycles. The number of carboxylic acid groups (broad SMARTS) is 1. The molecular weight excluding hydrogens is 272 g/mol. The van der Waals surface area contributed by atoms with Gasteiger partial charge in [-0.3, -0.25) is 14.4 Å². The summed E-state index contributed by atoms with van der Waals surface area (Å²) < 4.78 is 0. The van der Waals surface area contributed by atoms with Gasteiger partial charge in [-0.15, -0.1) is 0 Å². The fourth-order valence-corrected chi connectivity index (χ4v) is 1.59. The van der Waals surface area contributed by atoms with E-state index >= 15 is 0 Å². The van der Waals surface area contributed by atoms with Crippen LogP contribution in [-0.2, 0) is 9.59 Å². The second kappa shape index (κ2) is 7.84. The summed E-state index contributed by atoms with van der Waals surface area (Å²) in [7, 11) is 0. The van der Waals surface area contributed by atoms with Gasteiger partial charge in [-0.25, -0.2) is 0 Å². The van der Waals surface area contributed by atoms with Crippen molar-refractivity contribution in [1.29, 1.82) is 0 Å². The zero-order valence-electron chi connectivity index (χ0n) is 12.0. The number of aliphatic carboxylic acids is 1. The molecule has 0 aliphatic rings. The van der Waals surface area contributed by atoms with Gasteiger partial charge >= 0.3 is 5.97 Å². The van der Waals surface area contributed by atoms with E-state index in [0.717, 1.165) is 6.42 Å². The zero-order chi connectivity index (χ0) is 15.8. The highest BCUT2D eigenvalue weighted by atomic mass is 16.4. The van der Waals surface area contributed by atoms with E-state index < -0.39 is 18.4 Å². The van der Waals surface area contributed by atoms with Crippen LogP contribution in [0.1, 0.15) is 30.6 Å². The summed E-state index contributed by atoms with van der Waals surface area (Å²) in [5, 5.41) is 13.4. The van der Waals surface area contributed by atoms with Crippen molar-refractivity contribution in [2.24, 2.45) is 0 Å². The maximum atomic E-state index is 11.8. The molecule has 0 aliphatic heterocycles. The van der Waals surface area contributed by atoms with Crippen LogP contribution in [0.25, 0.3) is 0 Å². The standard InChI is InChI=1S/C15H18N2O4/c1-3-4-10(2)14(20)17-12-7-5-11(6-8-12)15(21)16-9-13(18)19/h4-8H,3,9H2,1-2H3,(H,16,21)(H,17,20)(H,18,19)/b10-4+. The molecule has 0 fully saturated rings. The van der Waals surface area contributed by atoms with Gasteiger partial charge in [0.05, 0.1) is 0 Å². The van der Waals surface area contributed by atoms with Crippen LogP contribution in [0, 0.1) is 0 Å². The topological polar surface area (TPSA) is 95.5 Å². The average Bonchev–Trinajstić information content (AvgIpc) is 2.45. The summed E-state index contributed by atoms with van der Waals surface area (Å²) in [5.74, 6) is -1.78. The van der Waals surface area contributed by atoms with Crippen LogP contribution in [0.5, 0.6) is 0 Å². The van der Waals surface area contributed by atoms with Gasteiger partial charge in [-0.05, 0) is 37.6 Å². The smallest absolute Gasteiger partial charge is 0.322 e. The molecular formula is C15H18N2O4. The van der Waals surface area contributed by atoms with Gasteiger partial charge in [0, 0.05) is 16.8 Å². The summed E-state index contributed by atoms with van der Waals surface area (Å²) in [6.07, 6.45) is 2.60. The van der Waals surface area contributed by atoms with Crippen molar-refractivity contribution < 1.29 is 19.5 Å². The minimum atomic E-state index is -1.11. The van der Waals surface area contributed by atoms with E-state index in [0.29, 0.717) is 16.8 Å². The Kier molecular flexibility index (Phi) is 6.13. The lowest BCUT2D eigenvalue weighted by molar-refractivity contribution is -0.135. The Hall–Kier alpha value is -2.63. The quantitative estimate of drug-likeness (QED) is 0.696. The predicted molar refractivity (Wildman–Crippen MR) is 79.1 cm³/mol. The molecule has 1 rings (SSSR count). The second-order valence-corrected chi connectivity index (χ2v) is 4.40. The van der Waals surface area contributed by atoms with Gasteiger partial charge in [0.25, 0.3) is 11.8 Å². The maximum Gasteiger partial charge on any atom is 0.322 e. The molecule has 0 spiro atoms. The minimum absolute atomic E-state index is 0.195. The van der Waals surface area contributed by atoms with E-state index in [-0.39, 0.29) is 5.91 Å². The second-order valence-electron chi connectivity index (χ2n) is 4.40. The number of carbonyl (C=O) groups is 3. The number of rotatable bonds is 6. The lowest BCUT2D eigenvalue weighted by Crippen LogP contribution is -2.29. The van der Waals surface area contributed by atoms with Crippen LogP contribution >= 0.6 is 0 Å². The Bertz CT molecular complexity index is 562. The highest BCUT2D eigenvalue weighted by Gasteiger charge is 2.08. The summed E-state index contributed by atoms with van der Waals surface area (Å²) in [6, 6.07) is 6.22. The molecule has 2 amide bonds. The summed E-state index contributed by atoms with van der Waals surface area (Å²) in [6.45, 7) is 3.24. The van der Waals surface area contributed by atoms with Crippen molar-refractivity contribution in [3.05, 3.63) is 41.5 Å². The number of hydrogen-bond donors (Lipinski definition) is 3. The van der Waals surface area contributed by atoms with Crippen LogP contribution in [-0.4, -0.2) is 29.4 Å². The fourth-order valence-electron chi connectivity index (χ4n) is 1.59. The lowest BCUT2D eigenvalue weighted by atomic mass is 10.2. The Morgan fingerprint density at radius 3 is 2.33 bits per heavy atom. The molecule has 0 saturated heterocycles. The van der Waals surface area contributed by atoms with Gasteiger partial charge in [0.1, 0.15) is 6.54 Å². The third kappa shape index (κ3) is 5.48. The van der Waals surface area contributed by atoms with E-state index in [1.54, 1.807) is 19.1 Å². The van der Waals surface area contributed by atoms with Crippen molar-refractivity contribution in [3.63, 3.8) is 0 Å². The van der Waals surface area contributed by atoms with Crippen molar-refractivity contribution in [2.75, 3.05) is 11.9 Å². The molecule has 21 heavy (non-hydrogen) atoms. The maximum absolute atomic E-state index is 11.8. The van der Waals surface area contributed by atoms with Gasteiger partial charge < -0.3 is 15.7 Å². The predicted octanol–water partition coefficient (Wildman–Crippen LogP) is 1.80. The Morgan fingerprint density at radius 2 is 1.81 bits per heavy atom. The third-order valence-corrected chi connectivity index (χ3v) is 2.67. The summed E-state index contributed by atoms with van der Waals surface area (Å²) >= 11 is 0. The van der Waals surface area contributed by atoms with E-state index in [1.165, 1.54) is 12.1 Å². The van der Waals surface area contributed by atoms with E-state index in [1.807, 2.05) is 13.0 Å². The Morgan fingerprint density at radius 1 is 1.19 bits per heavy atom. The number of hydrogen-bond acceptors (Lipinski definition) is 3. The highest BCUT2D eigenvalue weighted by molar-refractivity contribution is 6.03. The molecule has 0 atom stereocenters. The number of allylic oxidation sites excluding steroid dienone is 1. The zero-order valence-corrected chi connectivity index (χ0v) is 12.0. The molecule has 0 radical (unpaired) electrons. The number of anilines is 1. The first kappa shape index (κ1) is 16.4. The molecule has 1 aromatic carbocycles. The number of benzene rings is 1. The molecule has 0 unspecified atom stereocenters. The SMILES string of the molecule is CC/C=C(\C)C(=O)Nc1ccc(C(=O)NCC(=O)O)cc1. The molecule has 3 N–H and O–H groups in total. The normalized spacial score (nSPS) is 10.9. The van der Waals surface area contributed by atoms with Crippen molar-refractivity contribution in [1.82, 2.24) is 5.32 Å². The van der Waals surface area contributed by atoms with E-state index in [2.05, 4.69) is 10.6 Å². The molecule has 6 nitrogen and oxygen atoms in total. The van der Waals surface area contributed by atoms with Crippen LogP contribution in [0.3, 0.4) is 0 Å². The largest absolute Gasteiger partial charge is 0.480 e. The monoisotopic (exact) mass is 290 g/mol. The molecule has 0 bridgehead atoms. The van der Waals surface area contributed by atoms with E-state index in [9.17, 15) is 14.4 Å². The number of carboxylic acids is 1. The summed E-state index contributed by atoms with van der Waals surface area (Å²) in [4.78, 5) is 33.7. The molecule has 6 heteroatoms. The first-order valence-electron chi connectivity index (χ1n) is 6.52. The van der Waals surface area contributed by atoms with Gasteiger partial charge in [0.15, 0.2) is 0 Å². The average molecular weight is 290 g/mol. The first-order valence-corrected chi connectivity index (χ1v) is 6.52. The van der Waals surface area contributed by atoms with Crippen molar-refractivity contribution >= 4 is 23.5 Å². The third-order valence-electron chi connectivity index (χ3n) is 2.67. The first-order chi connectivity index (χ1) is 9.93. The minimum Gasteiger partial charge on any atom is -0.480 e. The van der Waals surface area contributed by atoms with Crippen LogP contribution in [0.15, 0.2) is 35.9 Å². The molecule has 112 valence electrons. The molecule has 0 heterocycles. The van der Waals surface area contributed by atoms with Gasteiger partial charge in [-0.2, -0.15) is 0 Å². The number of carbonyl (C=O) groups excluding carboxylic acids is 2. The molecule has 0 aromatic heterocycles. The van der Waals surface area contributed by atoms with Crippen molar-refractivity contribution in [2.45, 2.75) is 20.3 Å². The van der Waals surface area contributed by atoms with Crippen LogP contribution < -0.4 is 10.6 Å². The van der Waals surface area contributed by atoms with E-state index in [4.69, 9.17) is 5.11 Å². The number of nitrogens with one attached hydrogen (secondary N) is 2. The van der Waals surface area contributed by atoms with Crippen LogP contribution in [0.2, 0.25) is 0 Å². The van der Waals surface area contributed by atoms with Crippen LogP contribution in [0.4, 0.5) is 5.69 Å².